The van der Waals surface area contributed by atoms with Crippen molar-refractivity contribution in [2.24, 2.45) is 10.2 Å². The summed E-state index contributed by atoms with van der Waals surface area (Å²) < 4.78 is 1.88. The van der Waals surface area contributed by atoms with Crippen LogP contribution in [0.4, 0.5) is 5.82 Å². The van der Waals surface area contributed by atoms with Crippen LogP contribution in [-0.4, -0.2) is 9.55 Å². The van der Waals surface area contributed by atoms with Gasteiger partial charge in [-0.25, -0.2) is 4.98 Å². The van der Waals surface area contributed by atoms with E-state index < -0.39 is 0 Å². The van der Waals surface area contributed by atoms with Crippen LogP contribution < -0.4 is 0 Å². The Labute approximate surface area is 45.9 Å². The van der Waals surface area contributed by atoms with Crippen LogP contribution in [0.2, 0.25) is 0 Å². The van der Waals surface area contributed by atoms with Gasteiger partial charge in [-0.1, -0.05) is 0 Å². The van der Waals surface area contributed by atoms with E-state index in [9.17, 15) is 0 Å². The van der Waals surface area contributed by atoms with Gasteiger partial charge in [0.25, 0.3) is 0 Å². The SMILES string of the molecule is c1ncn2c1N=NC2. The van der Waals surface area contributed by atoms with Gasteiger partial charge in [-0.3, -0.25) is 4.57 Å². The van der Waals surface area contributed by atoms with Crippen molar-refractivity contribution in [3.05, 3.63) is 12.5 Å². The van der Waals surface area contributed by atoms with Crippen molar-refractivity contribution in [1.82, 2.24) is 9.55 Å². The quantitative estimate of drug-likeness (QED) is 0.487. The molecule has 0 bridgehead atoms. The fraction of sp³-hybridized carbons (Fsp3) is 0.250. The van der Waals surface area contributed by atoms with Crippen molar-refractivity contribution < 1.29 is 0 Å². The molecule has 4 heteroatoms. The predicted molar refractivity (Wildman–Crippen MR) is 26.7 cm³/mol. The third-order valence-electron chi connectivity index (χ3n) is 1.08. The molecule has 40 valence electrons. The molecule has 1 aliphatic rings. The minimum Gasteiger partial charge on any atom is -0.292 e. The number of hydrogen-bond acceptors (Lipinski definition) is 3. The van der Waals surface area contributed by atoms with Gasteiger partial charge in [0.15, 0.2) is 5.82 Å². The summed E-state index contributed by atoms with van der Waals surface area (Å²) in [5.41, 5.74) is 0. The lowest BCUT2D eigenvalue weighted by molar-refractivity contribution is 0.770. The average Bonchev–Trinajstić information content (AvgIpc) is 2.15. The fourth-order valence-corrected chi connectivity index (χ4v) is 0.678. The molecular formula is C4H4N4. The predicted octanol–water partition coefficient (Wildman–Crippen LogP) is 0.938. The van der Waals surface area contributed by atoms with Crippen LogP contribution in [-0.2, 0) is 6.67 Å². The van der Waals surface area contributed by atoms with Crippen LogP contribution in [0.15, 0.2) is 22.8 Å². The molecule has 8 heavy (non-hydrogen) atoms. The highest BCUT2D eigenvalue weighted by molar-refractivity contribution is 5.24. The molecule has 0 aromatic carbocycles. The highest BCUT2D eigenvalue weighted by Crippen LogP contribution is 2.16. The molecule has 1 aliphatic heterocycles. The summed E-state index contributed by atoms with van der Waals surface area (Å²) in [6.45, 7) is 0.634. The van der Waals surface area contributed by atoms with Gasteiger partial charge >= 0.3 is 0 Å². The molecule has 0 N–H and O–H groups in total. The zero-order chi connectivity index (χ0) is 5.40. The number of nitrogens with zero attached hydrogens (tertiary/aromatic N) is 4. The summed E-state index contributed by atoms with van der Waals surface area (Å²) in [7, 11) is 0. The van der Waals surface area contributed by atoms with Crippen LogP contribution in [0.3, 0.4) is 0 Å². The number of imidazole rings is 1. The summed E-state index contributed by atoms with van der Waals surface area (Å²) in [5.74, 6) is 0.852. The number of rotatable bonds is 0. The van der Waals surface area contributed by atoms with Crippen molar-refractivity contribution in [3.8, 4) is 0 Å². The molecule has 0 aliphatic carbocycles. The number of fused-ring (bicyclic) bond motifs is 1. The number of aromatic nitrogens is 2. The molecule has 0 spiro atoms. The molecule has 0 atom stereocenters. The van der Waals surface area contributed by atoms with E-state index in [2.05, 4.69) is 15.2 Å². The van der Waals surface area contributed by atoms with Gasteiger partial charge in [-0.05, 0) is 0 Å². The van der Waals surface area contributed by atoms with Gasteiger partial charge in [-0.15, -0.1) is 5.11 Å². The number of azo groups is 1. The van der Waals surface area contributed by atoms with E-state index in [0.717, 1.165) is 5.82 Å². The van der Waals surface area contributed by atoms with Gasteiger partial charge in [0.05, 0.1) is 12.5 Å². The second-order valence-corrected chi connectivity index (χ2v) is 1.60. The Morgan fingerprint density at radius 2 is 2.62 bits per heavy atom. The third-order valence-corrected chi connectivity index (χ3v) is 1.08. The van der Waals surface area contributed by atoms with Gasteiger partial charge in [0.2, 0.25) is 0 Å². The normalized spacial score (nSPS) is 14.5. The van der Waals surface area contributed by atoms with Gasteiger partial charge in [0.1, 0.15) is 6.67 Å². The lowest BCUT2D eigenvalue weighted by Crippen LogP contribution is -1.83. The van der Waals surface area contributed by atoms with Crippen molar-refractivity contribution in [3.63, 3.8) is 0 Å². The lowest BCUT2D eigenvalue weighted by Gasteiger charge is -1.83. The molecule has 0 saturated heterocycles. The first-order chi connectivity index (χ1) is 3.97. The van der Waals surface area contributed by atoms with E-state index in [1.54, 1.807) is 12.5 Å². The Balaban J connectivity index is 2.67. The topological polar surface area (TPSA) is 42.5 Å². The maximum Gasteiger partial charge on any atom is 0.176 e. The summed E-state index contributed by atoms with van der Waals surface area (Å²) >= 11 is 0. The van der Waals surface area contributed by atoms with Crippen LogP contribution in [0, 0.1) is 0 Å². The Bertz CT molecular complexity index is 224. The average molecular weight is 108 g/mol. The zero-order valence-corrected chi connectivity index (χ0v) is 4.15. The minimum atomic E-state index is 0.634. The smallest absolute Gasteiger partial charge is 0.176 e. The Morgan fingerprint density at radius 3 is 3.50 bits per heavy atom. The minimum absolute atomic E-state index is 0.634. The molecule has 0 amide bonds. The lowest BCUT2D eigenvalue weighted by atomic mass is 10.8. The first kappa shape index (κ1) is 3.77. The first-order valence-corrected chi connectivity index (χ1v) is 2.34. The van der Waals surface area contributed by atoms with Crippen molar-refractivity contribution >= 4 is 5.82 Å². The van der Waals surface area contributed by atoms with E-state index in [1.165, 1.54) is 0 Å². The molecule has 4 nitrogen and oxygen atoms in total. The molecule has 2 rings (SSSR count). The van der Waals surface area contributed by atoms with Crippen LogP contribution in [0.1, 0.15) is 0 Å². The second-order valence-electron chi connectivity index (χ2n) is 1.60. The maximum absolute atomic E-state index is 3.85. The van der Waals surface area contributed by atoms with E-state index >= 15 is 0 Å². The zero-order valence-electron chi connectivity index (χ0n) is 4.15. The van der Waals surface area contributed by atoms with E-state index in [4.69, 9.17) is 0 Å². The standard InChI is InChI=1S/C4H4N4/c1-4-7-6-3-8(4)2-5-1/h1-2H,3H2. The molecular weight excluding hydrogens is 104 g/mol. The van der Waals surface area contributed by atoms with Gasteiger partial charge in [0, 0.05) is 0 Å². The molecule has 0 fully saturated rings. The Kier molecular flexibility index (Phi) is 0.542. The molecule has 1 aromatic heterocycles. The monoisotopic (exact) mass is 108 g/mol. The molecule has 1 aromatic rings. The van der Waals surface area contributed by atoms with Crippen LogP contribution in [0.5, 0.6) is 0 Å². The third kappa shape index (κ3) is 0.318. The van der Waals surface area contributed by atoms with Gasteiger partial charge < -0.3 is 0 Å². The van der Waals surface area contributed by atoms with Crippen molar-refractivity contribution in [2.75, 3.05) is 0 Å². The molecule has 2 heterocycles. The summed E-state index contributed by atoms with van der Waals surface area (Å²) in [6.07, 6.45) is 3.41. The molecule has 0 radical (unpaired) electrons. The Morgan fingerprint density at radius 1 is 1.62 bits per heavy atom. The fourth-order valence-electron chi connectivity index (χ4n) is 0.678. The Hall–Kier alpha value is -1.19. The van der Waals surface area contributed by atoms with Crippen LogP contribution >= 0.6 is 0 Å². The van der Waals surface area contributed by atoms with Crippen molar-refractivity contribution in [1.29, 1.82) is 0 Å². The maximum atomic E-state index is 3.85. The molecule has 0 unspecified atom stereocenters. The highest BCUT2D eigenvalue weighted by Gasteiger charge is 2.02. The molecule has 0 saturated carbocycles. The first-order valence-electron chi connectivity index (χ1n) is 2.34. The highest BCUT2D eigenvalue weighted by atomic mass is 15.3. The second kappa shape index (κ2) is 1.15. The summed E-state index contributed by atoms with van der Waals surface area (Å²) in [6, 6.07) is 0. The van der Waals surface area contributed by atoms with E-state index in [1.807, 2.05) is 4.57 Å². The largest absolute Gasteiger partial charge is 0.292 e. The van der Waals surface area contributed by atoms with E-state index in [-0.39, 0.29) is 0 Å². The van der Waals surface area contributed by atoms with Crippen molar-refractivity contribution in [2.45, 2.75) is 6.67 Å². The summed E-state index contributed by atoms with van der Waals surface area (Å²) in [5, 5.41) is 7.54. The van der Waals surface area contributed by atoms with Gasteiger partial charge in [-0.2, -0.15) is 5.11 Å². The van der Waals surface area contributed by atoms with Crippen LogP contribution in [0.25, 0.3) is 0 Å². The van der Waals surface area contributed by atoms with E-state index in [0.29, 0.717) is 6.67 Å². The summed E-state index contributed by atoms with van der Waals surface area (Å²) in [4.78, 5) is 3.85. The number of hydrogen-bond donors (Lipinski definition) is 0.